The number of aromatic amines is 1. The van der Waals surface area contributed by atoms with Gasteiger partial charge in [0.15, 0.2) is 0 Å². The number of rotatable bonds is 2. The van der Waals surface area contributed by atoms with Crippen LogP contribution in [0, 0.1) is 0 Å². The van der Waals surface area contributed by atoms with Gasteiger partial charge in [0.05, 0.1) is 17.7 Å². The zero-order valence-corrected chi connectivity index (χ0v) is 12.0. The second-order valence-electron chi connectivity index (χ2n) is 5.59. The van der Waals surface area contributed by atoms with Gasteiger partial charge in [-0.2, -0.15) is 11.8 Å². The van der Waals surface area contributed by atoms with Gasteiger partial charge in [0.2, 0.25) is 0 Å². The van der Waals surface area contributed by atoms with Gasteiger partial charge in [0.1, 0.15) is 0 Å². The molecule has 2 aliphatic rings. The van der Waals surface area contributed by atoms with Gasteiger partial charge < -0.3 is 10.3 Å². The molecule has 18 heavy (non-hydrogen) atoms. The normalized spacial score (nSPS) is 33.3. The summed E-state index contributed by atoms with van der Waals surface area (Å²) in [6.45, 7) is 9.22. The lowest BCUT2D eigenvalue weighted by Crippen LogP contribution is -2.49. The molecule has 3 heterocycles. The second kappa shape index (κ2) is 5.23. The molecule has 0 saturated carbocycles. The number of nitrogens with zero attached hydrogens (tertiary/aromatic N) is 2. The van der Waals surface area contributed by atoms with E-state index in [4.69, 9.17) is 0 Å². The number of thioether (sulfide) groups is 1. The highest BCUT2D eigenvalue weighted by Crippen LogP contribution is 2.25. The molecule has 0 aromatic carbocycles. The fourth-order valence-electron chi connectivity index (χ4n) is 3.10. The smallest absolute Gasteiger partial charge is 0.0925 e. The van der Waals surface area contributed by atoms with E-state index in [0.717, 1.165) is 30.0 Å². The minimum atomic E-state index is 0.559. The maximum atomic E-state index is 4.41. The second-order valence-corrected chi connectivity index (χ2v) is 7.47. The maximum absolute atomic E-state index is 4.41. The maximum Gasteiger partial charge on any atom is 0.0925 e. The molecule has 2 N–H and O–H groups in total. The highest BCUT2D eigenvalue weighted by atomic mass is 32.2. The molecule has 2 aliphatic heterocycles. The van der Waals surface area contributed by atoms with E-state index in [1.54, 1.807) is 0 Å². The third-order valence-corrected chi connectivity index (χ3v) is 5.02. The molecule has 3 rings (SSSR count). The third-order valence-electron chi connectivity index (χ3n) is 3.79. The fraction of sp³-hybridized carbons (Fsp3) is 0.769. The quantitative estimate of drug-likeness (QED) is 0.845. The van der Waals surface area contributed by atoms with Crippen LogP contribution in [0.2, 0.25) is 0 Å². The molecule has 1 fully saturated rings. The summed E-state index contributed by atoms with van der Waals surface area (Å²) in [5.74, 6) is 0. The summed E-state index contributed by atoms with van der Waals surface area (Å²) in [6, 6.07) is 0.559. The first-order valence-electron chi connectivity index (χ1n) is 6.83. The lowest BCUT2D eigenvalue weighted by atomic mass is 10.0. The zero-order chi connectivity index (χ0) is 12.5. The largest absolute Gasteiger partial charge is 0.347 e. The first-order chi connectivity index (χ1) is 8.70. The topological polar surface area (TPSA) is 44.0 Å². The monoisotopic (exact) mass is 266 g/mol. The van der Waals surface area contributed by atoms with Gasteiger partial charge in [0, 0.05) is 49.1 Å². The molecule has 0 bridgehead atoms. The molecule has 1 aromatic heterocycles. The van der Waals surface area contributed by atoms with Crippen LogP contribution < -0.4 is 5.32 Å². The molecule has 1 aromatic rings. The van der Waals surface area contributed by atoms with Gasteiger partial charge in [-0.3, -0.25) is 4.90 Å². The number of hydrogen-bond acceptors (Lipinski definition) is 4. The van der Waals surface area contributed by atoms with Crippen molar-refractivity contribution in [2.75, 3.05) is 19.6 Å². The van der Waals surface area contributed by atoms with E-state index in [1.807, 2.05) is 6.33 Å². The van der Waals surface area contributed by atoms with E-state index in [9.17, 15) is 0 Å². The number of hydrogen-bond donors (Lipinski definition) is 2. The van der Waals surface area contributed by atoms with Crippen LogP contribution in [0.15, 0.2) is 6.33 Å². The standard InChI is InChI=1S/C13H22N4S/c1-9-5-17(6-10(2)18-9)7-11-3-12-13(4-14-11)16-8-15-12/h8-11,14H,3-7H2,1-2H3,(H,15,16). The molecule has 5 heteroatoms. The molecular formula is C13H22N4S. The first kappa shape index (κ1) is 12.5. The van der Waals surface area contributed by atoms with Crippen molar-refractivity contribution < 1.29 is 0 Å². The molecule has 1 saturated heterocycles. The molecule has 3 atom stereocenters. The lowest BCUT2D eigenvalue weighted by molar-refractivity contribution is 0.233. The van der Waals surface area contributed by atoms with Gasteiger partial charge in [-0.15, -0.1) is 0 Å². The molecule has 4 nitrogen and oxygen atoms in total. The van der Waals surface area contributed by atoms with Gasteiger partial charge >= 0.3 is 0 Å². The Morgan fingerprint density at radius 2 is 2.17 bits per heavy atom. The summed E-state index contributed by atoms with van der Waals surface area (Å²) in [6.07, 6.45) is 2.88. The van der Waals surface area contributed by atoms with E-state index >= 15 is 0 Å². The van der Waals surface area contributed by atoms with Crippen molar-refractivity contribution in [3.8, 4) is 0 Å². The van der Waals surface area contributed by atoms with Crippen LogP contribution in [0.25, 0.3) is 0 Å². The van der Waals surface area contributed by atoms with Crippen molar-refractivity contribution in [2.24, 2.45) is 0 Å². The molecule has 0 aliphatic carbocycles. The molecule has 0 amide bonds. The molecule has 3 unspecified atom stereocenters. The summed E-state index contributed by atoms with van der Waals surface area (Å²) in [7, 11) is 0. The van der Waals surface area contributed by atoms with Crippen LogP contribution >= 0.6 is 11.8 Å². The van der Waals surface area contributed by atoms with Gasteiger partial charge in [-0.25, -0.2) is 4.98 Å². The number of imidazole rings is 1. The van der Waals surface area contributed by atoms with Crippen molar-refractivity contribution in [1.82, 2.24) is 20.2 Å². The predicted octanol–water partition coefficient (Wildman–Crippen LogP) is 1.25. The Bertz CT molecular complexity index is 395. The van der Waals surface area contributed by atoms with E-state index in [2.05, 4.69) is 45.8 Å². The number of nitrogens with one attached hydrogen (secondary N) is 2. The lowest BCUT2D eigenvalue weighted by Gasteiger charge is -2.37. The van der Waals surface area contributed by atoms with Crippen molar-refractivity contribution in [3.63, 3.8) is 0 Å². The van der Waals surface area contributed by atoms with E-state index in [0.29, 0.717) is 6.04 Å². The highest BCUT2D eigenvalue weighted by molar-refractivity contribution is 8.00. The fourth-order valence-corrected chi connectivity index (χ4v) is 4.49. The SMILES string of the molecule is CC1CN(CC2Cc3nc[nH]c3CN2)CC(C)S1. The van der Waals surface area contributed by atoms with Crippen LogP contribution in [-0.4, -0.2) is 51.0 Å². The Labute approximate surface area is 113 Å². The van der Waals surface area contributed by atoms with Crippen molar-refractivity contribution in [3.05, 3.63) is 17.7 Å². The van der Waals surface area contributed by atoms with Crippen LogP contribution in [0.4, 0.5) is 0 Å². The van der Waals surface area contributed by atoms with Crippen LogP contribution in [0.1, 0.15) is 25.2 Å². The third kappa shape index (κ3) is 2.73. The van der Waals surface area contributed by atoms with E-state index in [1.165, 1.54) is 24.5 Å². The predicted molar refractivity (Wildman–Crippen MR) is 75.9 cm³/mol. The van der Waals surface area contributed by atoms with Crippen LogP contribution in [0.3, 0.4) is 0 Å². The summed E-state index contributed by atoms with van der Waals surface area (Å²) in [5, 5.41) is 5.14. The number of fused-ring (bicyclic) bond motifs is 1. The number of H-pyrrole nitrogens is 1. The summed E-state index contributed by atoms with van der Waals surface area (Å²) >= 11 is 2.12. The molecule has 100 valence electrons. The Morgan fingerprint density at radius 3 is 2.94 bits per heavy atom. The average molecular weight is 266 g/mol. The minimum absolute atomic E-state index is 0.559. The zero-order valence-electron chi connectivity index (χ0n) is 11.1. The highest BCUT2D eigenvalue weighted by Gasteiger charge is 2.26. The summed E-state index contributed by atoms with van der Waals surface area (Å²) < 4.78 is 0. The van der Waals surface area contributed by atoms with E-state index in [-0.39, 0.29) is 0 Å². The van der Waals surface area contributed by atoms with Crippen LogP contribution in [0.5, 0.6) is 0 Å². The van der Waals surface area contributed by atoms with Crippen molar-refractivity contribution >= 4 is 11.8 Å². The molecular weight excluding hydrogens is 244 g/mol. The number of aromatic nitrogens is 2. The summed E-state index contributed by atoms with van der Waals surface area (Å²) in [5.41, 5.74) is 2.52. The Kier molecular flexibility index (Phi) is 3.63. The van der Waals surface area contributed by atoms with Gasteiger partial charge in [-0.05, 0) is 0 Å². The molecule has 0 spiro atoms. The van der Waals surface area contributed by atoms with Gasteiger partial charge in [0.25, 0.3) is 0 Å². The van der Waals surface area contributed by atoms with Gasteiger partial charge in [-0.1, -0.05) is 13.8 Å². The van der Waals surface area contributed by atoms with Crippen molar-refractivity contribution in [2.45, 2.75) is 43.4 Å². The Hall–Kier alpha value is -0.520. The average Bonchev–Trinajstić information content (AvgIpc) is 2.74. The van der Waals surface area contributed by atoms with Crippen molar-refractivity contribution in [1.29, 1.82) is 0 Å². The Balaban J connectivity index is 1.57. The summed E-state index contributed by atoms with van der Waals surface area (Å²) in [4.78, 5) is 10.2. The molecule has 0 radical (unpaired) electrons. The minimum Gasteiger partial charge on any atom is -0.347 e. The first-order valence-corrected chi connectivity index (χ1v) is 7.77. The Morgan fingerprint density at radius 1 is 1.39 bits per heavy atom. The van der Waals surface area contributed by atoms with Crippen LogP contribution in [-0.2, 0) is 13.0 Å². The van der Waals surface area contributed by atoms with E-state index < -0.39 is 0 Å².